The topological polar surface area (TPSA) is 0 Å². The van der Waals surface area contributed by atoms with Gasteiger partial charge in [-0.2, -0.15) is 0 Å². The van der Waals surface area contributed by atoms with Crippen LogP contribution in [0.4, 0.5) is 0 Å². The number of aryl methyl sites for hydroxylation is 2. The third-order valence-corrected chi connectivity index (χ3v) is 7.22. The van der Waals surface area contributed by atoms with Crippen LogP contribution in [0.2, 0.25) is 0 Å². The zero-order chi connectivity index (χ0) is 27.2. The van der Waals surface area contributed by atoms with E-state index in [4.69, 9.17) is 0 Å². The van der Waals surface area contributed by atoms with Crippen molar-refractivity contribution in [1.82, 2.24) is 0 Å². The second-order valence-electron chi connectivity index (χ2n) is 16.1. The van der Waals surface area contributed by atoms with Crippen LogP contribution in [0.5, 0.6) is 0 Å². The lowest BCUT2D eigenvalue weighted by molar-refractivity contribution is 0.496. The van der Waals surface area contributed by atoms with Crippen LogP contribution in [0.25, 0.3) is 0 Å². The zero-order valence-electron chi connectivity index (χ0n) is 26.0. The van der Waals surface area contributed by atoms with E-state index in [2.05, 4.69) is 134 Å². The van der Waals surface area contributed by atoms with E-state index in [0.29, 0.717) is 0 Å². The number of rotatable bonds is 4. The highest BCUT2D eigenvalue weighted by Crippen LogP contribution is 2.41. The average molecular weight is 477 g/mol. The molecule has 0 fully saturated rings. The maximum atomic E-state index is 2.53. The Bertz CT molecular complexity index is 945. The molecule has 0 radical (unpaired) electrons. The molecule has 0 aliphatic rings. The van der Waals surface area contributed by atoms with E-state index >= 15 is 0 Å². The SMILES string of the molecule is CC(C)(C)c1cc(CCCc2cc(C(C)(C)C)c(C(C)(C)C)c(C(C)(C)C)c2)cc(C(C)(C)C)c1. The van der Waals surface area contributed by atoms with Gasteiger partial charge in [-0.25, -0.2) is 0 Å². The Morgan fingerprint density at radius 2 is 0.743 bits per heavy atom. The molecule has 0 saturated carbocycles. The van der Waals surface area contributed by atoms with Crippen molar-refractivity contribution in [3.05, 3.63) is 69.3 Å². The van der Waals surface area contributed by atoms with Gasteiger partial charge in [0.05, 0.1) is 0 Å². The Kier molecular flexibility index (Phi) is 8.24. The van der Waals surface area contributed by atoms with Gasteiger partial charge in [-0.05, 0) is 85.3 Å². The molecule has 0 aliphatic carbocycles. The highest BCUT2D eigenvalue weighted by Gasteiger charge is 2.32. The molecular formula is C35H56. The second kappa shape index (κ2) is 9.72. The Morgan fingerprint density at radius 1 is 0.400 bits per heavy atom. The minimum atomic E-state index is 0.126. The van der Waals surface area contributed by atoms with E-state index in [1.807, 2.05) is 0 Å². The summed E-state index contributed by atoms with van der Waals surface area (Å²) in [5.74, 6) is 0. The monoisotopic (exact) mass is 476 g/mol. The van der Waals surface area contributed by atoms with E-state index in [-0.39, 0.29) is 27.1 Å². The maximum Gasteiger partial charge on any atom is -0.0126 e. The average Bonchev–Trinajstić information content (AvgIpc) is 2.63. The summed E-state index contributed by atoms with van der Waals surface area (Å²) in [6.07, 6.45) is 3.43. The van der Waals surface area contributed by atoms with Gasteiger partial charge in [0.15, 0.2) is 0 Å². The fourth-order valence-electron chi connectivity index (χ4n) is 5.04. The lowest BCUT2D eigenvalue weighted by Gasteiger charge is -2.37. The van der Waals surface area contributed by atoms with Crippen LogP contribution in [-0.2, 0) is 39.9 Å². The molecule has 0 saturated heterocycles. The smallest absolute Gasteiger partial charge is 0.0126 e. The summed E-state index contributed by atoms with van der Waals surface area (Å²) >= 11 is 0. The molecule has 35 heavy (non-hydrogen) atoms. The molecule has 0 spiro atoms. The highest BCUT2D eigenvalue weighted by molar-refractivity contribution is 5.49. The molecule has 0 heteroatoms. The Balaban J connectivity index is 2.46. The predicted molar refractivity (Wildman–Crippen MR) is 158 cm³/mol. The first-order valence-electron chi connectivity index (χ1n) is 13.8. The molecule has 2 aromatic carbocycles. The van der Waals surface area contributed by atoms with Crippen molar-refractivity contribution in [1.29, 1.82) is 0 Å². The van der Waals surface area contributed by atoms with Gasteiger partial charge in [0.1, 0.15) is 0 Å². The van der Waals surface area contributed by atoms with Gasteiger partial charge in [0.25, 0.3) is 0 Å². The Morgan fingerprint density at radius 3 is 1.03 bits per heavy atom. The van der Waals surface area contributed by atoms with E-state index in [1.54, 1.807) is 5.56 Å². The van der Waals surface area contributed by atoms with Crippen molar-refractivity contribution in [3.8, 4) is 0 Å². The molecule has 0 atom stereocenters. The van der Waals surface area contributed by atoms with Gasteiger partial charge in [-0.3, -0.25) is 0 Å². The number of hydrogen-bond donors (Lipinski definition) is 0. The lowest BCUT2D eigenvalue weighted by Crippen LogP contribution is -2.28. The first-order valence-corrected chi connectivity index (χ1v) is 13.8. The van der Waals surface area contributed by atoms with Crippen LogP contribution in [0.15, 0.2) is 30.3 Å². The summed E-state index contributed by atoms with van der Waals surface area (Å²) in [7, 11) is 0. The lowest BCUT2D eigenvalue weighted by atomic mass is 9.68. The van der Waals surface area contributed by atoms with Crippen LogP contribution in [-0.4, -0.2) is 0 Å². The van der Waals surface area contributed by atoms with Gasteiger partial charge >= 0.3 is 0 Å². The molecule has 0 N–H and O–H groups in total. The Hall–Kier alpha value is -1.56. The minimum Gasteiger partial charge on any atom is -0.0561 e. The summed E-state index contributed by atoms with van der Waals surface area (Å²) in [6.45, 7) is 35.4. The molecule has 0 aromatic heterocycles. The fourth-order valence-corrected chi connectivity index (χ4v) is 5.04. The molecular weight excluding hydrogens is 420 g/mol. The molecule has 0 nitrogen and oxygen atoms in total. The molecule has 0 unspecified atom stereocenters. The third kappa shape index (κ3) is 7.71. The highest BCUT2D eigenvalue weighted by atomic mass is 14.4. The van der Waals surface area contributed by atoms with Gasteiger partial charge in [-0.1, -0.05) is 134 Å². The number of benzene rings is 2. The largest absolute Gasteiger partial charge is 0.0561 e. The molecule has 2 rings (SSSR count). The van der Waals surface area contributed by atoms with Crippen molar-refractivity contribution in [2.75, 3.05) is 0 Å². The van der Waals surface area contributed by atoms with Gasteiger partial charge in [0.2, 0.25) is 0 Å². The molecule has 0 aliphatic heterocycles. The van der Waals surface area contributed by atoms with Gasteiger partial charge in [0, 0.05) is 0 Å². The normalized spacial score (nSPS) is 13.9. The standard InChI is InChI=1S/C35H56/c1-31(2,3)26-19-24(20-27(23-26)32(4,5)6)17-16-18-25-21-28(33(7,8)9)30(35(13,14)15)29(22-25)34(10,11)12/h19-23H,16-18H2,1-15H3. The first-order chi connectivity index (χ1) is 15.5. The van der Waals surface area contributed by atoms with Gasteiger partial charge in [-0.15, -0.1) is 0 Å². The van der Waals surface area contributed by atoms with Crippen LogP contribution >= 0.6 is 0 Å². The van der Waals surface area contributed by atoms with Crippen molar-refractivity contribution in [2.24, 2.45) is 0 Å². The van der Waals surface area contributed by atoms with Crippen LogP contribution in [0.3, 0.4) is 0 Å². The fraction of sp³-hybridized carbons (Fsp3) is 0.657. The molecule has 0 amide bonds. The van der Waals surface area contributed by atoms with Crippen LogP contribution in [0.1, 0.15) is 149 Å². The van der Waals surface area contributed by atoms with Crippen LogP contribution in [0, 0.1) is 0 Å². The molecule has 2 aromatic rings. The Labute approximate surface area is 219 Å². The van der Waals surface area contributed by atoms with Crippen molar-refractivity contribution in [2.45, 2.75) is 150 Å². The van der Waals surface area contributed by atoms with E-state index in [9.17, 15) is 0 Å². The predicted octanol–water partition coefficient (Wildman–Crippen LogP) is 10.3. The van der Waals surface area contributed by atoms with E-state index in [0.717, 1.165) is 12.8 Å². The maximum absolute atomic E-state index is 2.53. The van der Waals surface area contributed by atoms with Crippen molar-refractivity contribution >= 4 is 0 Å². The second-order valence-corrected chi connectivity index (χ2v) is 16.1. The minimum absolute atomic E-state index is 0.126. The quantitative estimate of drug-likeness (QED) is 0.411. The van der Waals surface area contributed by atoms with E-state index < -0.39 is 0 Å². The zero-order valence-corrected chi connectivity index (χ0v) is 26.0. The molecule has 0 heterocycles. The summed E-state index contributed by atoms with van der Waals surface area (Å²) in [5.41, 5.74) is 11.2. The molecule has 0 bridgehead atoms. The molecule has 196 valence electrons. The first kappa shape index (κ1) is 29.7. The summed E-state index contributed by atoms with van der Waals surface area (Å²) in [4.78, 5) is 0. The van der Waals surface area contributed by atoms with Crippen LogP contribution < -0.4 is 0 Å². The van der Waals surface area contributed by atoms with Crippen molar-refractivity contribution < 1.29 is 0 Å². The van der Waals surface area contributed by atoms with Crippen molar-refractivity contribution in [3.63, 3.8) is 0 Å². The van der Waals surface area contributed by atoms with E-state index in [1.165, 1.54) is 39.8 Å². The summed E-state index contributed by atoms with van der Waals surface area (Å²) in [5, 5.41) is 0. The summed E-state index contributed by atoms with van der Waals surface area (Å²) in [6, 6.07) is 12.4. The van der Waals surface area contributed by atoms with Gasteiger partial charge < -0.3 is 0 Å². The third-order valence-electron chi connectivity index (χ3n) is 7.22. The summed E-state index contributed by atoms with van der Waals surface area (Å²) < 4.78 is 0. The number of hydrogen-bond acceptors (Lipinski definition) is 0.